The first kappa shape index (κ1) is 11.5. The maximum absolute atomic E-state index is 13.7. The van der Waals surface area contributed by atoms with E-state index in [-0.39, 0.29) is 0 Å². The van der Waals surface area contributed by atoms with Crippen LogP contribution in [0.4, 0.5) is 17.6 Å². The van der Waals surface area contributed by atoms with E-state index in [9.17, 15) is 17.6 Å². The molecule has 0 fully saturated rings. The van der Waals surface area contributed by atoms with Crippen molar-refractivity contribution in [1.82, 2.24) is 0 Å². The van der Waals surface area contributed by atoms with E-state index in [2.05, 4.69) is 0 Å². The Labute approximate surface area is 78.9 Å². The van der Waals surface area contributed by atoms with Crippen LogP contribution in [-0.4, -0.2) is 17.5 Å². The van der Waals surface area contributed by atoms with E-state index in [1.807, 2.05) is 0 Å². The third-order valence-electron chi connectivity index (χ3n) is 2.83. The molecule has 0 radical (unpaired) electrons. The summed E-state index contributed by atoms with van der Waals surface area (Å²) in [6.07, 6.45) is 0. The molecule has 2 nitrogen and oxygen atoms in total. The minimum atomic E-state index is -3.28. The van der Waals surface area contributed by atoms with E-state index in [4.69, 9.17) is 11.5 Å². The first-order valence-corrected chi connectivity index (χ1v) is 4.11. The van der Waals surface area contributed by atoms with Crippen LogP contribution in [0.2, 0.25) is 0 Å². The highest BCUT2D eigenvalue weighted by atomic mass is 19.2. The molecule has 4 atom stereocenters. The Morgan fingerprint density at radius 3 is 2.14 bits per heavy atom. The Kier molecular flexibility index (Phi) is 2.40. The monoisotopic (exact) mass is 212 g/mol. The maximum Gasteiger partial charge on any atom is 0.231 e. The SMILES string of the molecule is CC1C(F)=C(F)C(N)(F)C(N)C1(C)F. The molecule has 1 rings (SSSR count). The van der Waals surface area contributed by atoms with Crippen molar-refractivity contribution in [2.75, 3.05) is 0 Å². The smallest absolute Gasteiger partial charge is 0.231 e. The van der Waals surface area contributed by atoms with E-state index in [0.717, 1.165) is 13.8 Å². The second-order valence-electron chi connectivity index (χ2n) is 3.78. The summed E-state index contributed by atoms with van der Waals surface area (Å²) in [7, 11) is 0. The summed E-state index contributed by atoms with van der Waals surface area (Å²) in [6.45, 7) is 1.99. The number of alkyl halides is 2. The lowest BCUT2D eigenvalue weighted by molar-refractivity contribution is -0.0181. The fraction of sp³-hybridized carbons (Fsp3) is 0.750. The fourth-order valence-corrected chi connectivity index (χ4v) is 1.44. The zero-order valence-corrected chi connectivity index (χ0v) is 7.82. The number of nitrogens with two attached hydrogens (primary N) is 2. The van der Waals surface area contributed by atoms with Gasteiger partial charge in [-0.15, -0.1) is 0 Å². The Bertz CT molecular complexity index is 285. The van der Waals surface area contributed by atoms with Crippen molar-refractivity contribution in [2.45, 2.75) is 31.4 Å². The van der Waals surface area contributed by atoms with E-state index in [1.165, 1.54) is 0 Å². The molecule has 14 heavy (non-hydrogen) atoms. The zero-order chi connectivity index (χ0) is 11.3. The predicted octanol–water partition coefficient (Wildman–Crippen LogP) is 1.47. The van der Waals surface area contributed by atoms with Crippen molar-refractivity contribution < 1.29 is 17.6 Å². The van der Waals surface area contributed by atoms with Gasteiger partial charge in [0.2, 0.25) is 5.79 Å². The average molecular weight is 212 g/mol. The van der Waals surface area contributed by atoms with Crippen LogP contribution in [0, 0.1) is 5.92 Å². The van der Waals surface area contributed by atoms with Gasteiger partial charge in [-0.05, 0) is 6.92 Å². The molecule has 0 aromatic rings. The summed E-state index contributed by atoms with van der Waals surface area (Å²) in [5, 5.41) is 0. The summed E-state index contributed by atoms with van der Waals surface area (Å²) in [5.74, 6) is -8.04. The van der Waals surface area contributed by atoms with Crippen molar-refractivity contribution in [3.8, 4) is 0 Å². The molecule has 0 saturated carbocycles. The van der Waals surface area contributed by atoms with Crippen molar-refractivity contribution in [3.05, 3.63) is 11.7 Å². The number of halogens is 4. The van der Waals surface area contributed by atoms with Gasteiger partial charge in [0, 0.05) is 5.92 Å². The molecule has 1 aliphatic carbocycles. The van der Waals surface area contributed by atoms with Crippen LogP contribution < -0.4 is 11.5 Å². The molecule has 0 saturated heterocycles. The Morgan fingerprint density at radius 2 is 1.71 bits per heavy atom. The van der Waals surface area contributed by atoms with Gasteiger partial charge in [-0.2, -0.15) is 0 Å². The first-order chi connectivity index (χ1) is 6.13. The third kappa shape index (κ3) is 1.25. The molecule has 0 heterocycles. The molecule has 0 aliphatic heterocycles. The van der Waals surface area contributed by atoms with Crippen LogP contribution in [0.5, 0.6) is 0 Å². The highest BCUT2D eigenvalue weighted by Crippen LogP contribution is 2.45. The maximum atomic E-state index is 13.7. The number of hydrogen-bond donors (Lipinski definition) is 2. The standard InChI is InChI=1S/C8H12F4N2/c1-3-4(9)5(10)8(12,14)6(13)7(3,2)11/h3,6H,13-14H2,1-2H3. The Balaban J connectivity index is 3.31. The second kappa shape index (κ2) is 2.93. The summed E-state index contributed by atoms with van der Waals surface area (Å²) >= 11 is 0. The molecule has 0 aromatic carbocycles. The topological polar surface area (TPSA) is 52.0 Å². The fourth-order valence-electron chi connectivity index (χ4n) is 1.44. The third-order valence-corrected chi connectivity index (χ3v) is 2.83. The minimum Gasteiger partial charge on any atom is -0.321 e. The highest BCUT2D eigenvalue weighted by Gasteiger charge is 2.58. The van der Waals surface area contributed by atoms with Gasteiger partial charge in [0.05, 0.1) is 6.04 Å². The number of allylic oxidation sites excluding steroid dienone is 1. The van der Waals surface area contributed by atoms with Crippen LogP contribution in [0.15, 0.2) is 11.7 Å². The van der Waals surface area contributed by atoms with Crippen LogP contribution in [-0.2, 0) is 0 Å². The lowest BCUT2D eigenvalue weighted by atomic mass is 9.75. The van der Waals surface area contributed by atoms with Crippen LogP contribution in [0.25, 0.3) is 0 Å². The van der Waals surface area contributed by atoms with E-state index in [0.29, 0.717) is 0 Å². The van der Waals surface area contributed by atoms with Gasteiger partial charge in [0.1, 0.15) is 11.5 Å². The predicted molar refractivity (Wildman–Crippen MR) is 43.9 cm³/mol. The second-order valence-corrected chi connectivity index (χ2v) is 3.78. The molecular formula is C8H12F4N2. The molecule has 0 spiro atoms. The van der Waals surface area contributed by atoms with Crippen LogP contribution in [0.1, 0.15) is 13.8 Å². The molecule has 4 unspecified atom stereocenters. The van der Waals surface area contributed by atoms with Crippen LogP contribution >= 0.6 is 0 Å². The summed E-state index contributed by atoms with van der Waals surface area (Å²) in [6, 6.07) is -1.93. The molecule has 0 bridgehead atoms. The Hall–Kier alpha value is -0.620. The minimum absolute atomic E-state index is 0.898. The van der Waals surface area contributed by atoms with Gasteiger partial charge in [-0.25, -0.2) is 17.6 Å². The molecule has 0 amide bonds. The van der Waals surface area contributed by atoms with Gasteiger partial charge in [-0.3, -0.25) is 5.73 Å². The lowest BCUT2D eigenvalue weighted by Crippen LogP contribution is -2.66. The molecule has 1 aliphatic rings. The quantitative estimate of drug-likeness (QED) is 0.472. The van der Waals surface area contributed by atoms with Gasteiger partial charge in [0.15, 0.2) is 5.83 Å². The molecule has 82 valence electrons. The molecule has 4 N–H and O–H groups in total. The van der Waals surface area contributed by atoms with Crippen molar-refractivity contribution in [2.24, 2.45) is 17.4 Å². The largest absolute Gasteiger partial charge is 0.321 e. The van der Waals surface area contributed by atoms with Gasteiger partial charge in [-0.1, -0.05) is 6.92 Å². The van der Waals surface area contributed by atoms with E-state index >= 15 is 0 Å². The van der Waals surface area contributed by atoms with E-state index < -0.39 is 35.1 Å². The zero-order valence-electron chi connectivity index (χ0n) is 7.82. The highest BCUT2D eigenvalue weighted by molar-refractivity contribution is 5.27. The van der Waals surface area contributed by atoms with Gasteiger partial charge >= 0.3 is 0 Å². The molecule has 6 heteroatoms. The summed E-state index contributed by atoms with van der Waals surface area (Å²) in [4.78, 5) is 0. The average Bonchev–Trinajstić information content (AvgIpc) is 2.11. The summed E-state index contributed by atoms with van der Waals surface area (Å²) < 4.78 is 53.0. The first-order valence-electron chi connectivity index (χ1n) is 4.11. The van der Waals surface area contributed by atoms with Crippen molar-refractivity contribution in [3.63, 3.8) is 0 Å². The van der Waals surface area contributed by atoms with Crippen LogP contribution in [0.3, 0.4) is 0 Å². The number of hydrogen-bond acceptors (Lipinski definition) is 2. The number of rotatable bonds is 0. The Morgan fingerprint density at radius 1 is 1.29 bits per heavy atom. The normalized spacial score (nSPS) is 49.7. The van der Waals surface area contributed by atoms with Crippen molar-refractivity contribution in [1.29, 1.82) is 0 Å². The van der Waals surface area contributed by atoms with Gasteiger partial charge < -0.3 is 5.73 Å². The van der Waals surface area contributed by atoms with Gasteiger partial charge in [0.25, 0.3) is 0 Å². The molecule has 0 aromatic heterocycles. The lowest BCUT2D eigenvalue weighted by Gasteiger charge is -2.42. The van der Waals surface area contributed by atoms with Crippen molar-refractivity contribution >= 4 is 0 Å². The van der Waals surface area contributed by atoms with E-state index in [1.54, 1.807) is 0 Å². The summed E-state index contributed by atoms with van der Waals surface area (Å²) in [5.41, 5.74) is 7.49. The molecular weight excluding hydrogens is 200 g/mol.